The highest BCUT2D eigenvalue weighted by atomic mass is 16.5. The fourth-order valence-electron chi connectivity index (χ4n) is 1.88. The number of hydrogen-bond acceptors (Lipinski definition) is 5. The maximum Gasteiger partial charge on any atom is 0.276 e. The molecule has 3 heterocycles. The van der Waals surface area contributed by atoms with E-state index in [1.165, 1.54) is 0 Å². The molecule has 0 atom stereocenters. The van der Waals surface area contributed by atoms with E-state index in [0.717, 1.165) is 11.4 Å². The zero-order chi connectivity index (χ0) is 13.6. The van der Waals surface area contributed by atoms with Crippen molar-refractivity contribution in [2.45, 2.75) is 33.1 Å². The lowest BCUT2D eigenvalue weighted by Gasteiger charge is -2.10. The standard InChI is InChI=1S/C13H15N5O/c1-8-9(18-7-5-6-14-12(18)15-8)10-16-11(17-19-10)13(2,3)4/h5-7H,1-4H3. The minimum absolute atomic E-state index is 0.144. The first-order chi connectivity index (χ1) is 8.97. The maximum absolute atomic E-state index is 5.37. The van der Waals surface area contributed by atoms with Gasteiger partial charge >= 0.3 is 0 Å². The molecule has 0 saturated carbocycles. The summed E-state index contributed by atoms with van der Waals surface area (Å²) >= 11 is 0. The summed E-state index contributed by atoms with van der Waals surface area (Å²) in [5.41, 5.74) is 1.47. The van der Waals surface area contributed by atoms with Gasteiger partial charge in [-0.3, -0.25) is 4.40 Å². The SMILES string of the molecule is Cc1nc2ncccn2c1-c1nc(C(C)(C)C)no1. The molecule has 0 radical (unpaired) electrons. The molecule has 98 valence electrons. The number of aromatic nitrogens is 5. The Morgan fingerprint density at radius 2 is 2.00 bits per heavy atom. The van der Waals surface area contributed by atoms with Gasteiger partial charge in [0.25, 0.3) is 5.89 Å². The lowest BCUT2D eigenvalue weighted by atomic mass is 9.96. The molecule has 0 N–H and O–H groups in total. The molecule has 0 unspecified atom stereocenters. The fourth-order valence-corrected chi connectivity index (χ4v) is 1.88. The average molecular weight is 257 g/mol. The van der Waals surface area contributed by atoms with Crippen molar-refractivity contribution in [3.05, 3.63) is 30.0 Å². The van der Waals surface area contributed by atoms with Crippen LogP contribution in [0.5, 0.6) is 0 Å². The third-order valence-electron chi connectivity index (χ3n) is 2.88. The van der Waals surface area contributed by atoms with Crippen LogP contribution in [0.15, 0.2) is 23.0 Å². The van der Waals surface area contributed by atoms with Crippen LogP contribution in [-0.2, 0) is 5.41 Å². The Labute approximate surface area is 110 Å². The highest BCUT2D eigenvalue weighted by Crippen LogP contribution is 2.26. The summed E-state index contributed by atoms with van der Waals surface area (Å²) in [5, 5.41) is 4.04. The molecule has 6 nitrogen and oxygen atoms in total. The second kappa shape index (κ2) is 3.88. The number of hydrogen-bond donors (Lipinski definition) is 0. The van der Waals surface area contributed by atoms with Crippen LogP contribution < -0.4 is 0 Å². The molecule has 3 aromatic rings. The molecule has 6 heteroatoms. The summed E-state index contributed by atoms with van der Waals surface area (Å²) in [7, 11) is 0. The quantitative estimate of drug-likeness (QED) is 0.669. The summed E-state index contributed by atoms with van der Waals surface area (Å²) in [6.45, 7) is 8.05. The van der Waals surface area contributed by atoms with Crippen molar-refractivity contribution in [3.8, 4) is 11.6 Å². The van der Waals surface area contributed by atoms with Crippen molar-refractivity contribution >= 4 is 5.78 Å². The Morgan fingerprint density at radius 1 is 1.21 bits per heavy atom. The van der Waals surface area contributed by atoms with E-state index in [1.807, 2.05) is 44.4 Å². The summed E-state index contributed by atoms with van der Waals surface area (Å²) in [6, 6.07) is 1.85. The predicted octanol–water partition coefficient (Wildman–Crippen LogP) is 2.39. The Bertz CT molecular complexity index is 735. The first-order valence-corrected chi connectivity index (χ1v) is 6.11. The zero-order valence-corrected chi connectivity index (χ0v) is 11.4. The average Bonchev–Trinajstić information content (AvgIpc) is 2.90. The molecule has 0 fully saturated rings. The van der Waals surface area contributed by atoms with Gasteiger partial charge in [0.05, 0.1) is 5.69 Å². The third kappa shape index (κ3) is 1.89. The van der Waals surface area contributed by atoms with Gasteiger partial charge in [-0.05, 0) is 13.0 Å². The van der Waals surface area contributed by atoms with Gasteiger partial charge in [-0.15, -0.1) is 0 Å². The molecule has 0 aliphatic carbocycles. The molecule has 0 aliphatic heterocycles. The van der Waals surface area contributed by atoms with Crippen molar-refractivity contribution < 1.29 is 4.52 Å². The van der Waals surface area contributed by atoms with Crippen molar-refractivity contribution in [1.82, 2.24) is 24.5 Å². The molecular weight excluding hydrogens is 242 g/mol. The van der Waals surface area contributed by atoms with Crippen molar-refractivity contribution in [2.75, 3.05) is 0 Å². The monoisotopic (exact) mass is 257 g/mol. The fraction of sp³-hybridized carbons (Fsp3) is 0.385. The molecule has 0 bridgehead atoms. The molecule has 0 amide bonds. The van der Waals surface area contributed by atoms with Crippen LogP contribution in [0.3, 0.4) is 0 Å². The van der Waals surface area contributed by atoms with Gasteiger partial charge in [0, 0.05) is 17.8 Å². The van der Waals surface area contributed by atoms with Gasteiger partial charge in [0.2, 0.25) is 5.78 Å². The minimum atomic E-state index is -0.144. The van der Waals surface area contributed by atoms with Crippen LogP contribution in [0.4, 0.5) is 0 Å². The number of nitrogens with zero attached hydrogens (tertiary/aromatic N) is 5. The van der Waals surface area contributed by atoms with Gasteiger partial charge in [0.1, 0.15) is 5.69 Å². The molecule has 0 saturated heterocycles. The second-order valence-corrected chi connectivity index (χ2v) is 5.51. The second-order valence-electron chi connectivity index (χ2n) is 5.51. The number of aryl methyl sites for hydroxylation is 1. The van der Waals surface area contributed by atoms with Crippen LogP contribution in [0.25, 0.3) is 17.4 Å². The van der Waals surface area contributed by atoms with Gasteiger partial charge in [-0.25, -0.2) is 9.97 Å². The van der Waals surface area contributed by atoms with Gasteiger partial charge < -0.3 is 4.52 Å². The summed E-state index contributed by atoms with van der Waals surface area (Å²) in [5.74, 6) is 1.79. The zero-order valence-electron chi connectivity index (χ0n) is 11.4. The Hall–Kier alpha value is -2.24. The molecule has 3 aromatic heterocycles. The van der Waals surface area contributed by atoms with Crippen molar-refractivity contribution in [2.24, 2.45) is 0 Å². The lowest BCUT2D eigenvalue weighted by Crippen LogP contribution is -2.13. The topological polar surface area (TPSA) is 69.1 Å². The third-order valence-corrected chi connectivity index (χ3v) is 2.88. The first-order valence-electron chi connectivity index (χ1n) is 6.11. The van der Waals surface area contributed by atoms with E-state index in [-0.39, 0.29) is 5.41 Å². The highest BCUT2D eigenvalue weighted by Gasteiger charge is 2.24. The molecule has 19 heavy (non-hydrogen) atoms. The van der Waals surface area contributed by atoms with Crippen LogP contribution in [0.2, 0.25) is 0 Å². The van der Waals surface area contributed by atoms with E-state index >= 15 is 0 Å². The first kappa shape index (κ1) is 11.8. The van der Waals surface area contributed by atoms with Crippen molar-refractivity contribution in [1.29, 1.82) is 0 Å². The normalized spacial score (nSPS) is 12.2. The maximum atomic E-state index is 5.37. The predicted molar refractivity (Wildman–Crippen MR) is 69.7 cm³/mol. The number of imidazole rings is 1. The highest BCUT2D eigenvalue weighted by molar-refractivity contribution is 5.57. The van der Waals surface area contributed by atoms with E-state index in [9.17, 15) is 0 Å². The van der Waals surface area contributed by atoms with Gasteiger partial charge in [-0.1, -0.05) is 25.9 Å². The van der Waals surface area contributed by atoms with Crippen LogP contribution in [0.1, 0.15) is 32.3 Å². The number of rotatable bonds is 1. The molecule has 3 rings (SSSR count). The van der Waals surface area contributed by atoms with Gasteiger partial charge in [0.15, 0.2) is 5.82 Å². The van der Waals surface area contributed by atoms with Crippen molar-refractivity contribution in [3.63, 3.8) is 0 Å². The van der Waals surface area contributed by atoms with E-state index < -0.39 is 0 Å². The Kier molecular flexibility index (Phi) is 2.41. The van der Waals surface area contributed by atoms with E-state index in [4.69, 9.17) is 4.52 Å². The Morgan fingerprint density at radius 3 is 2.68 bits per heavy atom. The van der Waals surface area contributed by atoms with Crippen LogP contribution in [0, 0.1) is 6.92 Å². The number of fused-ring (bicyclic) bond motifs is 1. The van der Waals surface area contributed by atoms with Crippen LogP contribution in [-0.4, -0.2) is 24.5 Å². The van der Waals surface area contributed by atoms with Gasteiger partial charge in [-0.2, -0.15) is 4.98 Å². The largest absolute Gasteiger partial charge is 0.332 e. The lowest BCUT2D eigenvalue weighted by molar-refractivity contribution is 0.401. The molecule has 0 aromatic carbocycles. The van der Waals surface area contributed by atoms with Crippen LogP contribution >= 0.6 is 0 Å². The van der Waals surface area contributed by atoms with E-state index in [2.05, 4.69) is 20.1 Å². The molecule has 0 spiro atoms. The minimum Gasteiger partial charge on any atom is -0.332 e. The molecule has 0 aliphatic rings. The Balaban J connectivity index is 2.19. The summed E-state index contributed by atoms with van der Waals surface area (Å²) in [6.07, 6.45) is 3.60. The summed E-state index contributed by atoms with van der Waals surface area (Å²) < 4.78 is 7.23. The smallest absolute Gasteiger partial charge is 0.276 e. The summed E-state index contributed by atoms with van der Waals surface area (Å²) in [4.78, 5) is 13.1. The van der Waals surface area contributed by atoms with E-state index in [1.54, 1.807) is 6.20 Å². The van der Waals surface area contributed by atoms with E-state index in [0.29, 0.717) is 17.5 Å². The molecular formula is C13H15N5O.